The Morgan fingerprint density at radius 2 is 1.52 bits per heavy atom. The van der Waals surface area contributed by atoms with Gasteiger partial charge in [0.2, 0.25) is 0 Å². The van der Waals surface area contributed by atoms with E-state index in [9.17, 15) is 8.78 Å². The highest BCUT2D eigenvalue weighted by molar-refractivity contribution is 5.65. The fourth-order valence-corrected chi connectivity index (χ4v) is 5.67. The van der Waals surface area contributed by atoms with Crippen LogP contribution in [0.15, 0.2) is 36.4 Å². The number of fused-ring (bicyclic) bond motifs is 1. The van der Waals surface area contributed by atoms with Crippen molar-refractivity contribution < 1.29 is 8.78 Å². The van der Waals surface area contributed by atoms with E-state index in [1.807, 2.05) is 0 Å². The van der Waals surface area contributed by atoms with E-state index in [1.165, 1.54) is 87.5 Å². The van der Waals surface area contributed by atoms with Crippen molar-refractivity contribution in [3.8, 4) is 11.1 Å². The first-order chi connectivity index (χ1) is 14.1. The normalized spacial score (nSPS) is 24.3. The lowest BCUT2D eigenvalue weighted by atomic mass is 9.69. The fourth-order valence-electron chi connectivity index (χ4n) is 5.67. The molecule has 2 aromatic rings. The number of rotatable bonds is 6. The molecule has 2 aromatic carbocycles. The van der Waals surface area contributed by atoms with E-state index in [0.29, 0.717) is 0 Å². The number of halogens is 2. The second-order valence-corrected chi connectivity index (χ2v) is 9.39. The fraction of sp³-hybridized carbons (Fsp3) is 0.556. The van der Waals surface area contributed by atoms with E-state index in [4.69, 9.17) is 0 Å². The summed E-state index contributed by atoms with van der Waals surface area (Å²) in [5.74, 6) is 1.15. The summed E-state index contributed by atoms with van der Waals surface area (Å²) >= 11 is 0. The summed E-state index contributed by atoms with van der Waals surface area (Å²) < 4.78 is 26.8. The summed E-state index contributed by atoms with van der Waals surface area (Å²) in [6.45, 7) is 2.29. The van der Waals surface area contributed by atoms with Gasteiger partial charge in [-0.1, -0.05) is 69.7 Å². The quantitative estimate of drug-likeness (QED) is 0.432. The third kappa shape index (κ3) is 4.90. The van der Waals surface area contributed by atoms with Crippen molar-refractivity contribution in [2.24, 2.45) is 17.8 Å². The Bertz CT molecular complexity index is 817. The van der Waals surface area contributed by atoms with Gasteiger partial charge in [-0.2, -0.15) is 0 Å². The largest absolute Gasteiger partial charge is 0.204 e. The minimum Gasteiger partial charge on any atom is -0.204 e. The van der Waals surface area contributed by atoms with Crippen molar-refractivity contribution in [3.63, 3.8) is 0 Å². The van der Waals surface area contributed by atoms with Crippen molar-refractivity contribution in [3.05, 3.63) is 59.2 Å². The zero-order valence-electron chi connectivity index (χ0n) is 17.7. The van der Waals surface area contributed by atoms with Gasteiger partial charge in [-0.15, -0.1) is 0 Å². The number of aryl methyl sites for hydroxylation is 1. The Morgan fingerprint density at radius 1 is 0.759 bits per heavy atom. The molecule has 1 unspecified atom stereocenters. The average molecular weight is 397 g/mol. The highest BCUT2D eigenvalue weighted by atomic mass is 19.2. The van der Waals surface area contributed by atoms with Crippen LogP contribution in [0.2, 0.25) is 0 Å². The molecule has 1 fully saturated rings. The smallest absolute Gasteiger partial charge is 0.159 e. The molecule has 0 aliphatic heterocycles. The molecule has 29 heavy (non-hydrogen) atoms. The van der Waals surface area contributed by atoms with Gasteiger partial charge in [0, 0.05) is 0 Å². The SMILES string of the molecule is CCCCCC1CCC(C2CCc3cc(-c4ccc(F)c(F)c4)ccc3C2)CC1. The Balaban J connectivity index is 1.36. The predicted octanol–water partition coefficient (Wildman–Crippen LogP) is 8.12. The van der Waals surface area contributed by atoms with Crippen molar-refractivity contribution >= 4 is 0 Å². The lowest BCUT2D eigenvalue weighted by molar-refractivity contribution is 0.183. The molecule has 0 spiro atoms. The first kappa shape index (κ1) is 20.6. The average Bonchev–Trinajstić information content (AvgIpc) is 2.75. The maximum Gasteiger partial charge on any atom is 0.159 e. The molecule has 0 bridgehead atoms. The highest BCUT2D eigenvalue weighted by Gasteiger charge is 2.30. The zero-order valence-corrected chi connectivity index (χ0v) is 17.7. The van der Waals surface area contributed by atoms with Gasteiger partial charge >= 0.3 is 0 Å². The van der Waals surface area contributed by atoms with E-state index < -0.39 is 11.6 Å². The van der Waals surface area contributed by atoms with E-state index in [2.05, 4.69) is 25.1 Å². The van der Waals surface area contributed by atoms with Crippen molar-refractivity contribution in [1.82, 2.24) is 0 Å². The predicted molar refractivity (Wildman–Crippen MR) is 117 cm³/mol. The van der Waals surface area contributed by atoms with Crippen LogP contribution >= 0.6 is 0 Å². The van der Waals surface area contributed by atoms with Crippen LogP contribution in [0.1, 0.15) is 75.8 Å². The topological polar surface area (TPSA) is 0 Å². The lowest BCUT2D eigenvalue weighted by Crippen LogP contribution is -2.26. The zero-order chi connectivity index (χ0) is 20.2. The monoisotopic (exact) mass is 396 g/mol. The van der Waals surface area contributed by atoms with Crippen LogP contribution in [0.4, 0.5) is 8.78 Å². The summed E-state index contributed by atoms with van der Waals surface area (Å²) in [7, 11) is 0. The van der Waals surface area contributed by atoms with E-state index in [-0.39, 0.29) is 0 Å². The van der Waals surface area contributed by atoms with Crippen molar-refractivity contribution in [2.75, 3.05) is 0 Å². The van der Waals surface area contributed by atoms with Crippen LogP contribution in [0.3, 0.4) is 0 Å². The molecule has 1 saturated carbocycles. The molecule has 0 nitrogen and oxygen atoms in total. The maximum absolute atomic E-state index is 13.6. The van der Waals surface area contributed by atoms with E-state index in [1.54, 1.807) is 6.07 Å². The summed E-state index contributed by atoms with van der Waals surface area (Å²) in [4.78, 5) is 0. The van der Waals surface area contributed by atoms with Gasteiger partial charge in [-0.05, 0) is 84.2 Å². The lowest BCUT2D eigenvalue weighted by Gasteiger charge is -2.36. The molecule has 1 atom stereocenters. The number of hydrogen-bond acceptors (Lipinski definition) is 0. The molecular formula is C27H34F2. The molecule has 0 heterocycles. The Hall–Kier alpha value is -1.70. The minimum atomic E-state index is -0.783. The molecule has 156 valence electrons. The van der Waals surface area contributed by atoms with Gasteiger partial charge in [0.15, 0.2) is 11.6 Å². The van der Waals surface area contributed by atoms with E-state index >= 15 is 0 Å². The van der Waals surface area contributed by atoms with Crippen LogP contribution in [0.5, 0.6) is 0 Å². The van der Waals surface area contributed by atoms with Crippen molar-refractivity contribution in [1.29, 1.82) is 0 Å². The molecule has 2 aliphatic carbocycles. The second-order valence-electron chi connectivity index (χ2n) is 9.39. The molecular weight excluding hydrogens is 362 g/mol. The Labute approximate surface area is 174 Å². The summed E-state index contributed by atoms with van der Waals surface area (Å²) in [5.41, 5.74) is 4.62. The first-order valence-corrected chi connectivity index (χ1v) is 11.7. The molecule has 2 heteroatoms. The standard InChI is InChI=1S/C27H34F2/c1-2-3-4-5-19-6-8-20(9-7-19)21-10-11-23-17-24(13-12-22(23)16-21)25-14-15-26(28)27(29)18-25/h12-15,17-21H,2-11,16H2,1H3. The van der Waals surface area contributed by atoms with Gasteiger partial charge in [-0.25, -0.2) is 8.78 Å². The molecule has 0 N–H and O–H groups in total. The van der Waals surface area contributed by atoms with Crippen LogP contribution in [0.25, 0.3) is 11.1 Å². The van der Waals surface area contributed by atoms with Gasteiger partial charge in [0.05, 0.1) is 0 Å². The first-order valence-electron chi connectivity index (χ1n) is 11.7. The Morgan fingerprint density at radius 3 is 2.28 bits per heavy atom. The van der Waals surface area contributed by atoms with E-state index in [0.717, 1.165) is 35.3 Å². The summed E-state index contributed by atoms with van der Waals surface area (Å²) in [6.07, 6.45) is 14.9. The second kappa shape index (κ2) is 9.41. The van der Waals surface area contributed by atoms with Gasteiger partial charge in [-0.3, -0.25) is 0 Å². The minimum absolute atomic E-state index is 0.759. The van der Waals surface area contributed by atoms with Crippen LogP contribution in [-0.4, -0.2) is 0 Å². The van der Waals surface area contributed by atoms with Gasteiger partial charge < -0.3 is 0 Å². The third-order valence-corrected chi connectivity index (χ3v) is 7.50. The Kier molecular flexibility index (Phi) is 6.67. The molecule has 0 saturated heterocycles. The molecule has 0 amide bonds. The maximum atomic E-state index is 13.6. The van der Waals surface area contributed by atoms with Crippen LogP contribution < -0.4 is 0 Å². The molecule has 2 aliphatic rings. The molecule has 0 radical (unpaired) electrons. The van der Waals surface area contributed by atoms with Gasteiger partial charge in [0.1, 0.15) is 0 Å². The van der Waals surface area contributed by atoms with Gasteiger partial charge in [0.25, 0.3) is 0 Å². The van der Waals surface area contributed by atoms with Crippen LogP contribution in [-0.2, 0) is 12.8 Å². The van der Waals surface area contributed by atoms with Crippen molar-refractivity contribution in [2.45, 2.75) is 77.6 Å². The number of unbranched alkanes of at least 4 members (excludes halogenated alkanes) is 2. The summed E-state index contributed by atoms with van der Waals surface area (Å²) in [6, 6.07) is 10.7. The van der Waals surface area contributed by atoms with Crippen LogP contribution in [0, 0.1) is 29.4 Å². The summed E-state index contributed by atoms with van der Waals surface area (Å²) in [5, 5.41) is 0. The third-order valence-electron chi connectivity index (χ3n) is 7.50. The number of hydrogen-bond donors (Lipinski definition) is 0. The molecule has 4 rings (SSSR count). The molecule has 0 aromatic heterocycles. The highest BCUT2D eigenvalue weighted by Crippen LogP contribution is 2.41. The number of benzene rings is 2.